The van der Waals surface area contributed by atoms with Crippen molar-refractivity contribution < 1.29 is 9.59 Å². The number of hydrogen-bond donors (Lipinski definition) is 1. The van der Waals surface area contributed by atoms with Crippen molar-refractivity contribution in [2.75, 3.05) is 50.0 Å². The van der Waals surface area contributed by atoms with E-state index in [4.69, 9.17) is 11.6 Å². The number of carbonyl (C=O) groups excluding carboxylic acids is 2. The minimum Gasteiger partial charge on any atom is -0.337 e. The van der Waals surface area contributed by atoms with Crippen LogP contribution in [-0.4, -0.2) is 66.5 Å². The normalized spacial score (nSPS) is 23.4. The second kappa shape index (κ2) is 7.51. The van der Waals surface area contributed by atoms with Gasteiger partial charge in [-0.25, -0.2) is 9.78 Å². The minimum atomic E-state index is -0.223. The summed E-state index contributed by atoms with van der Waals surface area (Å²) in [5.74, 6) is -0.0571. The SMILES string of the molecule is CN1CCC2(C1)CN(C(=O)Nc1nc(C(=O)N3CCCC3)cs1)c1ccc(Cl)cc12. The number of rotatable bonds is 2. The van der Waals surface area contributed by atoms with E-state index in [0.29, 0.717) is 22.4 Å². The molecule has 1 unspecified atom stereocenters. The molecule has 4 heterocycles. The molecule has 0 bridgehead atoms. The zero-order valence-electron chi connectivity index (χ0n) is 16.9. The quantitative estimate of drug-likeness (QED) is 0.765. The third kappa shape index (κ3) is 3.36. The molecule has 5 rings (SSSR count). The minimum absolute atomic E-state index is 0.0571. The summed E-state index contributed by atoms with van der Waals surface area (Å²) >= 11 is 7.57. The summed E-state index contributed by atoms with van der Waals surface area (Å²) in [7, 11) is 2.11. The van der Waals surface area contributed by atoms with Gasteiger partial charge < -0.3 is 9.80 Å². The summed E-state index contributed by atoms with van der Waals surface area (Å²) in [5, 5.41) is 5.76. The molecule has 0 aliphatic carbocycles. The Balaban J connectivity index is 1.35. The van der Waals surface area contributed by atoms with E-state index in [1.807, 2.05) is 23.1 Å². The second-order valence-electron chi connectivity index (χ2n) is 8.48. The Hall–Kier alpha value is -2.16. The lowest BCUT2D eigenvalue weighted by Crippen LogP contribution is -2.40. The van der Waals surface area contributed by atoms with Crippen molar-refractivity contribution in [3.05, 3.63) is 39.9 Å². The van der Waals surface area contributed by atoms with Gasteiger partial charge >= 0.3 is 6.03 Å². The molecule has 1 aromatic heterocycles. The van der Waals surface area contributed by atoms with Gasteiger partial charge in [0.2, 0.25) is 0 Å². The number of benzene rings is 1. The van der Waals surface area contributed by atoms with Gasteiger partial charge in [0.05, 0.1) is 0 Å². The topological polar surface area (TPSA) is 68.8 Å². The average Bonchev–Trinajstić information content (AvgIpc) is 3.50. The van der Waals surface area contributed by atoms with E-state index in [0.717, 1.165) is 56.7 Å². The molecule has 30 heavy (non-hydrogen) atoms. The first-order valence-corrected chi connectivity index (χ1v) is 11.5. The van der Waals surface area contributed by atoms with E-state index in [-0.39, 0.29) is 17.4 Å². The van der Waals surface area contributed by atoms with E-state index in [1.165, 1.54) is 11.3 Å². The van der Waals surface area contributed by atoms with Gasteiger partial charge in [-0.05, 0) is 56.6 Å². The smallest absolute Gasteiger partial charge is 0.328 e. The Morgan fingerprint density at radius 3 is 2.73 bits per heavy atom. The first-order chi connectivity index (χ1) is 14.4. The number of amides is 3. The largest absolute Gasteiger partial charge is 0.337 e. The van der Waals surface area contributed by atoms with Crippen LogP contribution in [0.3, 0.4) is 0 Å². The summed E-state index contributed by atoms with van der Waals surface area (Å²) in [6, 6.07) is 5.53. The molecule has 2 aromatic rings. The lowest BCUT2D eigenvalue weighted by atomic mass is 9.81. The Labute approximate surface area is 184 Å². The fourth-order valence-electron chi connectivity index (χ4n) is 4.92. The highest BCUT2D eigenvalue weighted by Crippen LogP contribution is 2.47. The maximum absolute atomic E-state index is 13.2. The van der Waals surface area contributed by atoms with Crippen LogP contribution in [0.1, 0.15) is 35.3 Å². The summed E-state index contributed by atoms with van der Waals surface area (Å²) in [4.78, 5) is 36.0. The molecule has 1 atom stereocenters. The van der Waals surface area contributed by atoms with Crippen molar-refractivity contribution in [1.29, 1.82) is 0 Å². The van der Waals surface area contributed by atoms with Crippen molar-refractivity contribution >= 4 is 45.7 Å². The molecule has 2 fully saturated rings. The third-order valence-electron chi connectivity index (χ3n) is 6.40. The van der Waals surface area contributed by atoms with Crippen molar-refractivity contribution in [2.24, 2.45) is 0 Å². The molecule has 2 saturated heterocycles. The molecular weight excluding hydrogens is 422 g/mol. The highest BCUT2D eigenvalue weighted by Gasteiger charge is 2.48. The molecule has 0 saturated carbocycles. The predicted molar refractivity (Wildman–Crippen MR) is 119 cm³/mol. The molecule has 3 aliphatic rings. The molecule has 9 heteroatoms. The van der Waals surface area contributed by atoms with Gasteiger partial charge in [0.25, 0.3) is 5.91 Å². The number of anilines is 2. The third-order valence-corrected chi connectivity index (χ3v) is 7.39. The van der Waals surface area contributed by atoms with E-state index in [1.54, 1.807) is 10.3 Å². The Morgan fingerprint density at radius 2 is 2.00 bits per heavy atom. The zero-order valence-corrected chi connectivity index (χ0v) is 18.4. The van der Waals surface area contributed by atoms with E-state index < -0.39 is 0 Å². The Kier molecular flexibility index (Phi) is 4.95. The number of nitrogens with zero attached hydrogens (tertiary/aromatic N) is 4. The van der Waals surface area contributed by atoms with E-state index in [9.17, 15) is 9.59 Å². The van der Waals surface area contributed by atoms with Crippen LogP contribution in [0.15, 0.2) is 23.6 Å². The van der Waals surface area contributed by atoms with Gasteiger partial charge in [-0.2, -0.15) is 0 Å². The van der Waals surface area contributed by atoms with Crippen molar-refractivity contribution in [3.8, 4) is 0 Å². The van der Waals surface area contributed by atoms with Crippen molar-refractivity contribution in [1.82, 2.24) is 14.8 Å². The molecule has 3 aliphatic heterocycles. The highest BCUT2D eigenvalue weighted by molar-refractivity contribution is 7.14. The van der Waals surface area contributed by atoms with Crippen LogP contribution in [0.2, 0.25) is 5.02 Å². The Morgan fingerprint density at radius 1 is 1.20 bits per heavy atom. The number of likely N-dealkylation sites (tertiary alicyclic amines) is 2. The molecular formula is C21H24ClN5O2S. The van der Waals surface area contributed by atoms with Gasteiger partial charge in [0.15, 0.2) is 5.13 Å². The summed E-state index contributed by atoms with van der Waals surface area (Å²) in [6.07, 6.45) is 3.07. The molecule has 1 spiro atoms. The fourth-order valence-corrected chi connectivity index (χ4v) is 5.77. The highest BCUT2D eigenvalue weighted by atomic mass is 35.5. The van der Waals surface area contributed by atoms with Crippen LogP contribution < -0.4 is 10.2 Å². The Bertz CT molecular complexity index is 1010. The molecule has 0 radical (unpaired) electrons. The first kappa shape index (κ1) is 19.8. The lowest BCUT2D eigenvalue weighted by Gasteiger charge is -2.25. The predicted octanol–water partition coefficient (Wildman–Crippen LogP) is 3.66. The van der Waals surface area contributed by atoms with Gasteiger partial charge in [0.1, 0.15) is 5.69 Å². The number of aromatic nitrogens is 1. The second-order valence-corrected chi connectivity index (χ2v) is 9.78. The fraction of sp³-hybridized carbons (Fsp3) is 0.476. The number of halogens is 1. The first-order valence-electron chi connectivity index (χ1n) is 10.3. The number of fused-ring (bicyclic) bond motifs is 2. The molecule has 1 aromatic carbocycles. The summed E-state index contributed by atoms with van der Waals surface area (Å²) < 4.78 is 0. The van der Waals surface area contributed by atoms with Crippen LogP contribution in [0.25, 0.3) is 0 Å². The number of urea groups is 1. The van der Waals surface area contributed by atoms with Crippen LogP contribution in [0.5, 0.6) is 0 Å². The monoisotopic (exact) mass is 445 g/mol. The van der Waals surface area contributed by atoms with Gasteiger partial charge in [-0.3, -0.25) is 15.0 Å². The average molecular weight is 446 g/mol. The van der Waals surface area contributed by atoms with Crippen LogP contribution in [-0.2, 0) is 5.41 Å². The van der Waals surface area contributed by atoms with E-state index in [2.05, 4.69) is 22.2 Å². The number of thiazole rings is 1. The molecule has 7 nitrogen and oxygen atoms in total. The lowest BCUT2D eigenvalue weighted by molar-refractivity contribution is 0.0788. The standard InChI is InChI=1S/C21H24ClN5O2S/c1-25-9-6-21(12-25)13-27(17-5-4-14(22)10-15(17)21)20(29)24-19-23-16(11-30-19)18(28)26-7-2-3-8-26/h4-5,10-11H,2-3,6-9,12-13H2,1H3,(H,23,24,29). The maximum Gasteiger partial charge on any atom is 0.328 e. The number of hydrogen-bond acceptors (Lipinski definition) is 5. The zero-order chi connectivity index (χ0) is 20.9. The number of carbonyl (C=O) groups is 2. The summed E-state index contributed by atoms with van der Waals surface area (Å²) in [5.41, 5.74) is 2.35. The molecule has 1 N–H and O–H groups in total. The molecule has 158 valence electrons. The van der Waals surface area contributed by atoms with Crippen LogP contribution in [0.4, 0.5) is 15.6 Å². The summed E-state index contributed by atoms with van der Waals surface area (Å²) in [6.45, 7) is 4.07. The number of likely N-dealkylation sites (N-methyl/N-ethyl adjacent to an activating group) is 1. The number of nitrogens with one attached hydrogen (secondary N) is 1. The van der Waals surface area contributed by atoms with Crippen LogP contribution in [0, 0.1) is 0 Å². The van der Waals surface area contributed by atoms with Crippen LogP contribution >= 0.6 is 22.9 Å². The van der Waals surface area contributed by atoms with Gasteiger partial charge in [-0.15, -0.1) is 11.3 Å². The van der Waals surface area contributed by atoms with E-state index >= 15 is 0 Å². The molecule has 3 amide bonds. The van der Waals surface area contributed by atoms with Gasteiger partial charge in [0, 0.05) is 47.7 Å². The van der Waals surface area contributed by atoms with Gasteiger partial charge in [-0.1, -0.05) is 11.6 Å². The van der Waals surface area contributed by atoms with Crippen molar-refractivity contribution in [3.63, 3.8) is 0 Å². The van der Waals surface area contributed by atoms with Crippen molar-refractivity contribution in [2.45, 2.75) is 24.7 Å². The maximum atomic E-state index is 13.2.